The van der Waals surface area contributed by atoms with E-state index in [0.29, 0.717) is 32.1 Å². The van der Waals surface area contributed by atoms with Crippen molar-refractivity contribution in [1.82, 2.24) is 0 Å². The topological polar surface area (TPSA) is 66.4 Å². The number of carbonyl (C=O) groups is 2. The van der Waals surface area contributed by atoms with Gasteiger partial charge < -0.3 is 14.6 Å². The number of hydrogen-bond donors (Lipinski definition) is 0. The SMILES string of the molecule is COC(=O)C12CCC(C(=O)[O-])(CC1)C2. The van der Waals surface area contributed by atoms with Gasteiger partial charge in [0.1, 0.15) is 0 Å². The van der Waals surface area contributed by atoms with E-state index in [9.17, 15) is 14.7 Å². The van der Waals surface area contributed by atoms with Crippen LogP contribution in [0, 0.1) is 10.8 Å². The van der Waals surface area contributed by atoms with Gasteiger partial charge in [-0.25, -0.2) is 0 Å². The summed E-state index contributed by atoms with van der Waals surface area (Å²) in [5.41, 5.74) is -1.26. The quantitative estimate of drug-likeness (QED) is 0.578. The molecule has 4 heteroatoms. The molecule has 2 aliphatic carbocycles. The highest BCUT2D eigenvalue weighted by Gasteiger charge is 2.59. The van der Waals surface area contributed by atoms with Crippen molar-refractivity contribution in [2.24, 2.45) is 10.8 Å². The summed E-state index contributed by atoms with van der Waals surface area (Å²) in [5, 5.41) is 11.0. The van der Waals surface area contributed by atoms with Crippen LogP contribution >= 0.6 is 0 Å². The van der Waals surface area contributed by atoms with Crippen molar-refractivity contribution in [1.29, 1.82) is 0 Å². The maximum atomic E-state index is 11.5. The number of aliphatic carboxylic acids is 1. The summed E-state index contributed by atoms with van der Waals surface area (Å²) in [5.74, 6) is -1.25. The van der Waals surface area contributed by atoms with Gasteiger partial charge in [0.15, 0.2) is 0 Å². The molecule has 2 bridgehead atoms. The monoisotopic (exact) mass is 197 g/mol. The standard InChI is InChI=1S/C10H14O4/c1-14-8(13)10-4-2-9(6-10,3-5-10)7(11)12/h2-6H2,1H3,(H,11,12)/p-1. The second-order valence-electron chi connectivity index (χ2n) is 4.52. The third-order valence-corrected chi connectivity index (χ3v) is 3.89. The second-order valence-corrected chi connectivity index (χ2v) is 4.52. The van der Waals surface area contributed by atoms with Crippen LogP contribution in [-0.4, -0.2) is 19.0 Å². The van der Waals surface area contributed by atoms with Crippen molar-refractivity contribution in [3.8, 4) is 0 Å². The van der Waals surface area contributed by atoms with E-state index in [1.165, 1.54) is 7.11 Å². The smallest absolute Gasteiger partial charge is 0.311 e. The molecule has 0 amide bonds. The van der Waals surface area contributed by atoms with Gasteiger partial charge in [-0.2, -0.15) is 0 Å². The van der Waals surface area contributed by atoms with Crippen molar-refractivity contribution in [2.75, 3.05) is 7.11 Å². The lowest BCUT2D eigenvalue weighted by Gasteiger charge is -2.27. The summed E-state index contributed by atoms with van der Waals surface area (Å²) >= 11 is 0. The van der Waals surface area contributed by atoms with Crippen LogP contribution in [0.2, 0.25) is 0 Å². The molecule has 0 atom stereocenters. The Balaban J connectivity index is 2.24. The van der Waals surface area contributed by atoms with Crippen LogP contribution < -0.4 is 5.11 Å². The first-order valence-electron chi connectivity index (χ1n) is 4.85. The first kappa shape index (κ1) is 9.49. The summed E-state index contributed by atoms with van der Waals surface area (Å²) in [6.07, 6.45) is 2.80. The minimum atomic E-state index is -0.999. The zero-order valence-electron chi connectivity index (χ0n) is 8.17. The van der Waals surface area contributed by atoms with Crippen molar-refractivity contribution >= 4 is 11.9 Å². The lowest BCUT2D eigenvalue weighted by Crippen LogP contribution is -2.39. The molecular formula is C10H13O4-. The van der Waals surface area contributed by atoms with Crippen molar-refractivity contribution in [3.63, 3.8) is 0 Å². The van der Waals surface area contributed by atoms with Crippen LogP contribution in [-0.2, 0) is 14.3 Å². The van der Waals surface area contributed by atoms with Gasteiger partial charge in [0, 0.05) is 11.4 Å². The maximum Gasteiger partial charge on any atom is 0.311 e. The molecule has 0 N–H and O–H groups in total. The lowest BCUT2D eigenvalue weighted by molar-refractivity contribution is -0.318. The van der Waals surface area contributed by atoms with Gasteiger partial charge in [0.05, 0.1) is 12.5 Å². The van der Waals surface area contributed by atoms with Crippen molar-refractivity contribution in [3.05, 3.63) is 0 Å². The van der Waals surface area contributed by atoms with E-state index in [2.05, 4.69) is 0 Å². The molecule has 2 aliphatic rings. The van der Waals surface area contributed by atoms with E-state index in [-0.39, 0.29) is 5.97 Å². The molecule has 0 aliphatic heterocycles. The minimum Gasteiger partial charge on any atom is -0.550 e. The number of esters is 1. The van der Waals surface area contributed by atoms with Crippen LogP contribution in [0.4, 0.5) is 0 Å². The van der Waals surface area contributed by atoms with Gasteiger partial charge in [0.2, 0.25) is 0 Å². The molecule has 0 unspecified atom stereocenters. The first-order valence-corrected chi connectivity index (χ1v) is 4.85. The number of carbonyl (C=O) groups excluding carboxylic acids is 2. The Hall–Kier alpha value is -1.06. The molecule has 0 aromatic rings. The second kappa shape index (κ2) is 2.72. The molecular weight excluding hydrogens is 184 g/mol. The first-order chi connectivity index (χ1) is 6.55. The van der Waals surface area contributed by atoms with E-state index in [1.807, 2.05) is 0 Å². The summed E-state index contributed by atoms with van der Waals surface area (Å²) in [6.45, 7) is 0. The normalized spacial score (nSPS) is 39.8. The third-order valence-electron chi connectivity index (χ3n) is 3.89. The minimum absolute atomic E-state index is 0.252. The Kier molecular flexibility index (Phi) is 1.84. The summed E-state index contributed by atoms with van der Waals surface area (Å²) < 4.78 is 4.73. The van der Waals surface area contributed by atoms with Crippen molar-refractivity contribution in [2.45, 2.75) is 32.1 Å². The van der Waals surface area contributed by atoms with Gasteiger partial charge >= 0.3 is 5.97 Å². The molecule has 0 saturated heterocycles. The number of rotatable bonds is 2. The highest BCUT2D eigenvalue weighted by Crippen LogP contribution is 2.61. The fourth-order valence-corrected chi connectivity index (χ4v) is 2.98. The predicted octanol–water partition coefficient (Wildman–Crippen LogP) is -0.140. The number of carboxylic acid groups (broad SMARTS) is 1. The van der Waals surface area contributed by atoms with E-state index in [4.69, 9.17) is 4.74 Å². The zero-order valence-corrected chi connectivity index (χ0v) is 8.17. The van der Waals surface area contributed by atoms with Crippen LogP contribution in [0.1, 0.15) is 32.1 Å². The van der Waals surface area contributed by atoms with E-state index >= 15 is 0 Å². The Morgan fingerprint density at radius 1 is 1.14 bits per heavy atom. The van der Waals surface area contributed by atoms with Crippen LogP contribution in [0.15, 0.2) is 0 Å². The molecule has 0 radical (unpaired) electrons. The van der Waals surface area contributed by atoms with Crippen molar-refractivity contribution < 1.29 is 19.4 Å². The number of methoxy groups -OCH3 is 1. The van der Waals surface area contributed by atoms with E-state index < -0.39 is 16.8 Å². The molecule has 14 heavy (non-hydrogen) atoms. The fourth-order valence-electron chi connectivity index (χ4n) is 2.98. The Bertz CT molecular complexity index is 286. The van der Waals surface area contributed by atoms with Crippen LogP contribution in [0.25, 0.3) is 0 Å². The summed E-state index contributed by atoms with van der Waals surface area (Å²) in [7, 11) is 1.36. The highest BCUT2D eigenvalue weighted by molar-refractivity contribution is 5.82. The molecule has 2 saturated carbocycles. The molecule has 0 spiro atoms. The Labute approximate surface area is 82.2 Å². The Morgan fingerprint density at radius 2 is 1.64 bits per heavy atom. The molecule has 2 rings (SSSR count). The molecule has 78 valence electrons. The molecule has 0 heterocycles. The average molecular weight is 197 g/mol. The number of carboxylic acids is 1. The molecule has 2 fully saturated rings. The van der Waals surface area contributed by atoms with Crippen LogP contribution in [0.3, 0.4) is 0 Å². The van der Waals surface area contributed by atoms with E-state index in [1.54, 1.807) is 0 Å². The molecule has 0 aromatic carbocycles. The van der Waals surface area contributed by atoms with Crippen LogP contribution in [0.5, 0.6) is 0 Å². The fraction of sp³-hybridized carbons (Fsp3) is 0.800. The predicted molar refractivity (Wildman–Crippen MR) is 45.0 cm³/mol. The summed E-state index contributed by atoms with van der Waals surface area (Å²) in [4.78, 5) is 22.5. The van der Waals surface area contributed by atoms with Gasteiger partial charge in [-0.05, 0) is 32.1 Å². The van der Waals surface area contributed by atoms with Gasteiger partial charge in [0.25, 0.3) is 0 Å². The van der Waals surface area contributed by atoms with Gasteiger partial charge in [-0.15, -0.1) is 0 Å². The van der Waals surface area contributed by atoms with E-state index in [0.717, 1.165) is 0 Å². The summed E-state index contributed by atoms with van der Waals surface area (Å²) in [6, 6.07) is 0. The molecule has 4 nitrogen and oxygen atoms in total. The highest BCUT2D eigenvalue weighted by atomic mass is 16.5. The largest absolute Gasteiger partial charge is 0.550 e. The van der Waals surface area contributed by atoms with Gasteiger partial charge in [-0.1, -0.05) is 0 Å². The number of fused-ring (bicyclic) bond motifs is 2. The Morgan fingerprint density at radius 3 is 2.00 bits per heavy atom. The number of ether oxygens (including phenoxy) is 1. The molecule has 0 aromatic heterocycles. The average Bonchev–Trinajstić information content (AvgIpc) is 2.74. The number of hydrogen-bond acceptors (Lipinski definition) is 4. The lowest BCUT2D eigenvalue weighted by atomic mass is 9.82. The van der Waals surface area contributed by atoms with Gasteiger partial charge in [-0.3, -0.25) is 4.79 Å². The third kappa shape index (κ3) is 0.996. The maximum absolute atomic E-state index is 11.5. The zero-order chi connectivity index (χ0) is 10.4.